The number of hydrogen-bond donors (Lipinski definition) is 5. The highest BCUT2D eigenvalue weighted by atomic mass is 35.5. The van der Waals surface area contributed by atoms with Crippen molar-refractivity contribution in [1.82, 2.24) is 20.3 Å². The van der Waals surface area contributed by atoms with Gasteiger partial charge >= 0.3 is 18.2 Å². The second-order valence-corrected chi connectivity index (χ2v) is 14.8. The van der Waals surface area contributed by atoms with Crippen LogP contribution in [0, 0.1) is 17.8 Å². The highest BCUT2D eigenvalue weighted by Crippen LogP contribution is 2.50. The number of alkyl halides is 3. The topological polar surface area (TPSA) is 185 Å². The lowest BCUT2D eigenvalue weighted by Gasteiger charge is -2.23. The van der Waals surface area contributed by atoms with E-state index in [-0.39, 0.29) is 36.1 Å². The van der Waals surface area contributed by atoms with Gasteiger partial charge in [0.05, 0.1) is 11.2 Å². The summed E-state index contributed by atoms with van der Waals surface area (Å²) in [5, 5.41) is 21.8. The van der Waals surface area contributed by atoms with Gasteiger partial charge in [0.2, 0.25) is 22.8 Å². The minimum atomic E-state index is -4.63. The lowest BCUT2D eigenvalue weighted by Crippen LogP contribution is -2.43. The fraction of sp³-hybridized carbons (Fsp3) is 0.432. The molecule has 0 saturated heterocycles. The lowest BCUT2D eigenvalue weighted by atomic mass is 9.83. The van der Waals surface area contributed by atoms with E-state index >= 15 is 0 Å². The van der Waals surface area contributed by atoms with Crippen LogP contribution in [0.3, 0.4) is 0 Å². The molecular formula is C37H37ClF3N7O6. The molecule has 5 N–H and O–H groups in total. The van der Waals surface area contributed by atoms with Crippen LogP contribution in [0.5, 0.6) is 6.01 Å². The second kappa shape index (κ2) is 14.9. The van der Waals surface area contributed by atoms with Gasteiger partial charge in [0, 0.05) is 28.4 Å². The lowest BCUT2D eigenvalue weighted by molar-refractivity contribution is -0.154. The van der Waals surface area contributed by atoms with Crippen molar-refractivity contribution in [2.24, 2.45) is 17.8 Å². The molecule has 1 amide bonds. The molecule has 1 heterocycles. The van der Waals surface area contributed by atoms with Crippen LogP contribution in [0.15, 0.2) is 58.1 Å². The fourth-order valence-electron chi connectivity index (χ4n) is 7.66. The molecule has 7 rings (SSSR count). The molecule has 0 unspecified atom stereocenters. The van der Waals surface area contributed by atoms with Gasteiger partial charge in [-0.05, 0) is 105 Å². The van der Waals surface area contributed by atoms with Crippen LogP contribution in [-0.2, 0) is 16.8 Å². The molecule has 3 aliphatic carbocycles. The molecule has 13 nitrogen and oxygen atoms in total. The number of aromatic nitrogens is 3. The average molecular weight is 768 g/mol. The number of hydrogen-bond acceptors (Lipinski definition) is 11. The molecule has 3 saturated carbocycles. The maximum Gasteiger partial charge on any atom is 0.422 e. The molecule has 3 aliphatic rings. The third-order valence-electron chi connectivity index (χ3n) is 10.6. The monoisotopic (exact) mass is 767 g/mol. The van der Waals surface area contributed by atoms with Crippen LogP contribution in [-0.4, -0.2) is 57.3 Å². The number of benzene rings is 2. The van der Waals surface area contributed by atoms with Gasteiger partial charge in [0.25, 0.3) is 5.91 Å². The molecule has 3 aromatic carbocycles. The summed E-state index contributed by atoms with van der Waals surface area (Å²) >= 11 is 6.03. The molecule has 4 atom stereocenters. The smallest absolute Gasteiger partial charge is 0.422 e. The number of carbonyl (C=O) groups excluding carboxylic acids is 1. The van der Waals surface area contributed by atoms with E-state index in [9.17, 15) is 37.5 Å². The first-order valence-corrected chi connectivity index (χ1v) is 18.1. The zero-order chi connectivity index (χ0) is 38.2. The molecule has 17 heteroatoms. The zero-order valence-corrected chi connectivity index (χ0v) is 29.6. The maximum atomic E-state index is 13.0. The van der Waals surface area contributed by atoms with E-state index in [4.69, 9.17) is 16.3 Å². The number of nitrogens with zero attached hydrogens (tertiary/aromatic N) is 3. The summed E-state index contributed by atoms with van der Waals surface area (Å²) < 4.78 is 43.7. The molecular weight excluding hydrogens is 731 g/mol. The van der Waals surface area contributed by atoms with E-state index in [1.54, 1.807) is 12.1 Å². The first kappa shape index (κ1) is 37.1. The van der Waals surface area contributed by atoms with E-state index < -0.39 is 53.1 Å². The third-order valence-corrected chi connectivity index (χ3v) is 10.8. The molecule has 0 aliphatic heterocycles. The van der Waals surface area contributed by atoms with Crippen molar-refractivity contribution in [2.45, 2.75) is 69.1 Å². The quantitative estimate of drug-likeness (QED) is 0.0895. The van der Waals surface area contributed by atoms with Crippen molar-refractivity contribution < 1.29 is 32.6 Å². The summed E-state index contributed by atoms with van der Waals surface area (Å²) in [5.74, 6) is -0.429. The number of fused-ring (bicyclic) bond motifs is 2. The minimum absolute atomic E-state index is 0.0243. The third kappa shape index (κ3) is 8.43. The number of carboxylic acid groups (broad SMARTS) is 1. The van der Waals surface area contributed by atoms with Gasteiger partial charge in [0.1, 0.15) is 6.04 Å². The molecule has 2 bridgehead atoms. The second-order valence-electron chi connectivity index (χ2n) is 14.3. The van der Waals surface area contributed by atoms with Crippen molar-refractivity contribution >= 4 is 46.7 Å². The van der Waals surface area contributed by atoms with Gasteiger partial charge < -0.3 is 31.1 Å². The first-order chi connectivity index (χ1) is 25.7. The number of carbonyl (C=O) groups is 2. The Hall–Kier alpha value is -5.25. The van der Waals surface area contributed by atoms with E-state index in [2.05, 4.69) is 36.2 Å². The summed E-state index contributed by atoms with van der Waals surface area (Å²) in [6.07, 6.45) is 1.92. The highest BCUT2D eigenvalue weighted by molar-refractivity contribution is 6.30. The van der Waals surface area contributed by atoms with Crippen LogP contribution in [0.2, 0.25) is 5.02 Å². The summed E-state index contributed by atoms with van der Waals surface area (Å²) in [5.41, 5.74) is 0.483. The molecule has 1 aromatic heterocycles. The van der Waals surface area contributed by atoms with E-state index in [0.29, 0.717) is 53.3 Å². The Balaban J connectivity index is 0.969. The molecule has 0 spiro atoms. The number of halogens is 4. The standard InChI is InChI=1S/C37H37ClF3N7O6/c38-24-7-5-23(6-8-24)36(12-13-36)48-34-45-33(46-35(47-34)54-18-37(39,40)41)43-25-9-3-20(4-10-25)31(51)44-27(32(52)53)11-14-42-28-26(29(49)30(28)50)17-22-16-19-1-2-21(22)15-19/h3-10,19,21-22,27,42H,1-2,11-18H2,(H,44,51)(H,52,53)(H2,43,45,46,47,48)/t19-,21+,22-,27-/m0/s1. The van der Waals surface area contributed by atoms with Gasteiger partial charge in [-0.25, -0.2) is 4.79 Å². The van der Waals surface area contributed by atoms with Gasteiger partial charge in [-0.2, -0.15) is 28.1 Å². The Morgan fingerprint density at radius 1 is 0.963 bits per heavy atom. The molecule has 4 aromatic rings. The van der Waals surface area contributed by atoms with Crippen LogP contribution >= 0.6 is 11.6 Å². The fourth-order valence-corrected chi connectivity index (χ4v) is 7.78. The highest BCUT2D eigenvalue weighted by Gasteiger charge is 2.45. The van der Waals surface area contributed by atoms with Crippen LogP contribution in [0.1, 0.15) is 66.4 Å². The molecule has 54 heavy (non-hydrogen) atoms. The van der Waals surface area contributed by atoms with E-state index in [1.165, 1.54) is 37.1 Å². The van der Waals surface area contributed by atoms with Gasteiger partial charge in [-0.3, -0.25) is 14.4 Å². The number of rotatable bonds is 16. The average Bonchev–Trinajstić information content (AvgIpc) is 3.59. The Morgan fingerprint density at radius 3 is 2.31 bits per heavy atom. The number of anilines is 4. The number of amides is 1. The van der Waals surface area contributed by atoms with Crippen LogP contribution in [0.4, 0.5) is 36.4 Å². The summed E-state index contributed by atoms with van der Waals surface area (Å²) in [6.45, 7) is -1.57. The summed E-state index contributed by atoms with van der Waals surface area (Å²) in [4.78, 5) is 62.1. The Labute approximate surface area is 311 Å². The number of ether oxygens (including phenoxy) is 1. The van der Waals surface area contributed by atoms with Crippen molar-refractivity contribution in [3.63, 3.8) is 0 Å². The summed E-state index contributed by atoms with van der Waals surface area (Å²) in [7, 11) is 0. The zero-order valence-electron chi connectivity index (χ0n) is 28.8. The normalized spacial score (nSPS) is 20.3. The number of aliphatic carboxylic acids is 1. The molecule has 0 radical (unpaired) electrons. The Kier molecular flexibility index (Phi) is 10.2. The van der Waals surface area contributed by atoms with Gasteiger partial charge in [-0.1, -0.05) is 30.2 Å². The van der Waals surface area contributed by atoms with Crippen molar-refractivity contribution in [2.75, 3.05) is 29.1 Å². The van der Waals surface area contributed by atoms with Crippen molar-refractivity contribution in [3.8, 4) is 6.01 Å². The minimum Gasteiger partial charge on any atom is -0.480 e. The van der Waals surface area contributed by atoms with Crippen LogP contribution in [0.25, 0.3) is 0 Å². The first-order valence-electron chi connectivity index (χ1n) is 17.7. The van der Waals surface area contributed by atoms with Crippen LogP contribution < -0.4 is 36.9 Å². The number of nitrogens with one attached hydrogen (secondary N) is 4. The Morgan fingerprint density at radius 2 is 1.69 bits per heavy atom. The number of carboxylic acids is 1. The van der Waals surface area contributed by atoms with Crippen molar-refractivity contribution in [3.05, 3.63) is 90.7 Å². The van der Waals surface area contributed by atoms with Crippen molar-refractivity contribution in [1.29, 1.82) is 0 Å². The molecule has 284 valence electrons. The van der Waals surface area contributed by atoms with E-state index in [1.807, 2.05) is 12.1 Å². The molecule has 3 fully saturated rings. The largest absolute Gasteiger partial charge is 0.480 e. The summed E-state index contributed by atoms with van der Waals surface area (Å²) in [6, 6.07) is 11.1. The SMILES string of the molecule is O=C(N[C@@H](CCNc1c(C[C@@H]2C[C@H]3CC[C@@H]2C3)c(=O)c1=O)C(=O)O)c1ccc(Nc2nc(NC3(c4ccc(Cl)cc4)CC3)nc(OCC(F)(F)F)n2)cc1. The van der Waals surface area contributed by atoms with Gasteiger partial charge in [-0.15, -0.1) is 0 Å². The van der Waals surface area contributed by atoms with Gasteiger partial charge in [0.15, 0.2) is 6.61 Å². The Bertz CT molecular complexity index is 2100. The predicted octanol–water partition coefficient (Wildman–Crippen LogP) is 5.57. The predicted molar refractivity (Wildman–Crippen MR) is 193 cm³/mol. The maximum absolute atomic E-state index is 13.0. The van der Waals surface area contributed by atoms with E-state index in [0.717, 1.165) is 18.4 Å².